The second-order valence-corrected chi connectivity index (χ2v) is 21.8. The zero-order valence-corrected chi connectivity index (χ0v) is 46.2. The van der Waals surface area contributed by atoms with Crippen LogP contribution < -0.4 is 19.7 Å². The Morgan fingerprint density at radius 1 is 0.848 bits per heavy atom. The summed E-state index contributed by atoms with van der Waals surface area (Å²) >= 11 is 6.87. The van der Waals surface area contributed by atoms with E-state index >= 15 is 4.39 Å². The normalized spacial score (nSPS) is 13.7. The van der Waals surface area contributed by atoms with Crippen LogP contribution in [-0.4, -0.2) is 159 Å². The lowest BCUT2D eigenvalue weighted by atomic mass is 9.86. The third kappa shape index (κ3) is 13.1. The molecule has 0 aliphatic carbocycles. The number of hydrogen-bond donors (Lipinski definition) is 3. The molecule has 0 amide bonds. The molecule has 1 aliphatic heterocycles. The topological polar surface area (TPSA) is 216 Å². The van der Waals surface area contributed by atoms with Gasteiger partial charge in [0.25, 0.3) is 0 Å². The predicted molar refractivity (Wildman–Crippen MR) is 301 cm³/mol. The highest BCUT2D eigenvalue weighted by atomic mass is 35.5. The van der Waals surface area contributed by atoms with Crippen molar-refractivity contribution in [2.75, 3.05) is 110 Å². The van der Waals surface area contributed by atoms with Gasteiger partial charge in [-0.25, -0.2) is 22.5 Å². The molecular weight excluding hydrogens is 1060 g/mol. The van der Waals surface area contributed by atoms with Gasteiger partial charge in [0, 0.05) is 70.2 Å². The zero-order valence-electron chi connectivity index (χ0n) is 44.6. The van der Waals surface area contributed by atoms with Crippen LogP contribution in [0.2, 0.25) is 5.02 Å². The van der Waals surface area contributed by atoms with E-state index in [0.29, 0.717) is 103 Å². The minimum absolute atomic E-state index is 0.00329. The van der Waals surface area contributed by atoms with Crippen LogP contribution in [0.15, 0.2) is 102 Å². The summed E-state index contributed by atoms with van der Waals surface area (Å²) in [5.41, 5.74) is 4.95. The number of hydrogen-bond acceptors (Lipinski definition) is 16. The first-order valence-electron chi connectivity index (χ1n) is 25.8. The third-order valence-electron chi connectivity index (χ3n) is 13.9. The van der Waals surface area contributed by atoms with Gasteiger partial charge in [-0.15, -0.1) is 5.10 Å². The fourth-order valence-corrected chi connectivity index (χ4v) is 11.1. The monoisotopic (exact) mass is 1120 g/mol. The number of aromatic hydroxyl groups is 1. The smallest absolute Gasteiger partial charge is 0.304 e. The first-order chi connectivity index (χ1) is 38.1. The first-order valence-corrected chi connectivity index (χ1v) is 27.6. The number of likely N-dealkylation sites (N-methyl/N-ethyl adjacent to an activating group) is 1. The number of phenols is 1. The molecule has 0 radical (unpaired) electrons. The fourth-order valence-electron chi connectivity index (χ4n) is 9.69. The number of ether oxygens (including phenoxy) is 5. The minimum Gasteiger partial charge on any atom is -0.508 e. The van der Waals surface area contributed by atoms with Crippen molar-refractivity contribution in [1.82, 2.24) is 34.2 Å². The van der Waals surface area contributed by atoms with E-state index in [1.807, 2.05) is 55.5 Å². The van der Waals surface area contributed by atoms with Crippen LogP contribution in [0.4, 0.5) is 16.2 Å². The molecule has 19 nitrogen and oxygen atoms in total. The molecule has 2 aromatic heterocycles. The number of carbonyl (C=O) groups is 1. The number of phenolic OH excluding ortho intramolecular Hbond substituents is 1. The number of benzene rings is 6. The second-order valence-electron chi connectivity index (χ2n) is 19.3. The van der Waals surface area contributed by atoms with Gasteiger partial charge >= 0.3 is 5.97 Å². The summed E-state index contributed by atoms with van der Waals surface area (Å²) < 4.78 is 75.8. The number of piperazine rings is 1. The molecule has 8 aromatic rings. The molecule has 9 rings (SSSR count). The number of fused-ring (bicyclic) bond motifs is 3. The molecule has 0 saturated carbocycles. The minimum atomic E-state index is -3.92. The lowest BCUT2D eigenvalue weighted by Crippen LogP contribution is -2.45. The van der Waals surface area contributed by atoms with Crippen LogP contribution in [0.25, 0.3) is 43.8 Å². The Labute approximate surface area is 462 Å². The molecule has 1 unspecified atom stereocenters. The number of aromatic nitrogens is 5. The van der Waals surface area contributed by atoms with Crippen molar-refractivity contribution < 1.29 is 51.5 Å². The molecule has 22 heteroatoms. The predicted octanol–water partition coefficient (Wildman–Crippen LogP) is 8.27. The van der Waals surface area contributed by atoms with E-state index in [2.05, 4.69) is 37.5 Å². The average molecular weight is 1120 g/mol. The number of nitrogens with one attached hydrogen (secondary N) is 1. The van der Waals surface area contributed by atoms with Crippen molar-refractivity contribution in [3.63, 3.8) is 0 Å². The van der Waals surface area contributed by atoms with E-state index in [0.717, 1.165) is 35.0 Å². The van der Waals surface area contributed by atoms with Crippen molar-refractivity contribution >= 4 is 72.1 Å². The van der Waals surface area contributed by atoms with E-state index in [1.54, 1.807) is 42.1 Å². The van der Waals surface area contributed by atoms with Gasteiger partial charge in [0.15, 0.2) is 5.82 Å². The highest BCUT2D eigenvalue weighted by Crippen LogP contribution is 2.43. The van der Waals surface area contributed by atoms with Gasteiger partial charge in [-0.3, -0.25) is 4.79 Å². The molecule has 0 spiro atoms. The molecule has 3 heterocycles. The van der Waals surface area contributed by atoms with Gasteiger partial charge in [0.05, 0.1) is 63.1 Å². The molecule has 1 atom stereocenters. The maximum absolute atomic E-state index is 16.8. The van der Waals surface area contributed by atoms with E-state index in [1.165, 1.54) is 36.7 Å². The number of aliphatic carboxylic acids is 1. The summed E-state index contributed by atoms with van der Waals surface area (Å²) in [5.74, 6) is -0.353. The second kappa shape index (κ2) is 25.3. The summed E-state index contributed by atoms with van der Waals surface area (Å²) in [6, 6.07) is 27.7. The molecule has 1 fully saturated rings. The average Bonchev–Trinajstić information content (AvgIpc) is 3.99. The number of anilines is 2. The number of sulfonamides is 1. The van der Waals surface area contributed by atoms with Crippen LogP contribution in [0.3, 0.4) is 0 Å². The highest BCUT2D eigenvalue weighted by molar-refractivity contribution is 7.89. The summed E-state index contributed by atoms with van der Waals surface area (Å²) in [5, 5.41) is 34.2. The number of carboxylic acid groups (broad SMARTS) is 1. The Hall–Kier alpha value is -7.24. The van der Waals surface area contributed by atoms with Crippen LogP contribution in [-0.2, 0) is 42.6 Å². The summed E-state index contributed by atoms with van der Waals surface area (Å²) in [7, 11) is 2.93. The molecule has 0 bridgehead atoms. The Balaban J connectivity index is 0.707. The first kappa shape index (κ1) is 56.5. The van der Waals surface area contributed by atoms with E-state index < -0.39 is 27.7 Å². The number of halogens is 2. The Bertz CT molecular complexity index is 3580. The third-order valence-corrected chi connectivity index (χ3v) is 16.1. The molecule has 1 saturated heterocycles. The molecule has 3 N–H and O–H groups in total. The van der Waals surface area contributed by atoms with Crippen molar-refractivity contribution in [1.29, 1.82) is 0 Å². The zero-order chi connectivity index (χ0) is 55.8. The largest absolute Gasteiger partial charge is 0.508 e. The van der Waals surface area contributed by atoms with E-state index in [9.17, 15) is 23.4 Å². The quantitative estimate of drug-likeness (QED) is 0.0459. The van der Waals surface area contributed by atoms with Crippen molar-refractivity contribution in [2.24, 2.45) is 7.05 Å². The van der Waals surface area contributed by atoms with Gasteiger partial charge < -0.3 is 49.0 Å². The van der Waals surface area contributed by atoms with E-state index in [4.69, 9.17) is 40.3 Å². The van der Waals surface area contributed by atoms with Crippen LogP contribution in [0, 0.1) is 12.7 Å². The van der Waals surface area contributed by atoms with Crippen LogP contribution >= 0.6 is 11.6 Å². The number of rotatable bonds is 25. The SMILES string of the molecule is COc1cc(C(CC(=O)O)c2ccc(C)c(CN(C)S(=O)(=O)c3ccc(OCCOCCOCCOCCNc4nc(N5CCN(C)CC5)c5cc(Cl)c(-c6cc(O)cc7ccccc67)c(F)c5n4)cc3)c2)cc2nnn(C)c12. The summed E-state index contributed by atoms with van der Waals surface area (Å²) in [6.45, 7) is 7.43. The standard InChI is InChI=1S/C57H63ClFN9O10S/c1-36-10-11-38(45(34-51(70)71)39-30-49-55(50(31-39)74-5)67(4)64-63-49)28-40(36)35-66(3)79(72,73)43-14-12-42(13-15-43)78-27-26-77-25-24-76-23-22-75-21-16-60-57-61-54-47(56(62-57)68-19-17-65(2)18-20-68)33-48(58)52(53(54)59)46-32-41(69)29-37-8-6-7-9-44(37)46/h6-15,28-33,45,69H,16-27,34-35H2,1-5H3,(H,70,71)(H,60,61,62). The lowest BCUT2D eigenvalue weighted by Gasteiger charge is -2.34. The molecular formula is C57H63ClFN9O10S. The molecule has 6 aromatic carbocycles. The van der Waals surface area contributed by atoms with Crippen LogP contribution in [0.5, 0.6) is 17.2 Å². The Morgan fingerprint density at radius 2 is 1.56 bits per heavy atom. The molecule has 416 valence electrons. The maximum atomic E-state index is 16.8. The van der Waals surface area contributed by atoms with Gasteiger partial charge in [0.2, 0.25) is 16.0 Å². The van der Waals surface area contributed by atoms with Gasteiger partial charge in [-0.1, -0.05) is 59.3 Å². The number of carboxylic acids is 1. The van der Waals surface area contributed by atoms with Gasteiger partial charge in [0.1, 0.15) is 46.2 Å². The van der Waals surface area contributed by atoms with Crippen molar-refractivity contribution in [3.8, 4) is 28.4 Å². The number of aryl methyl sites for hydroxylation is 2. The van der Waals surface area contributed by atoms with Crippen molar-refractivity contribution in [2.45, 2.75) is 30.7 Å². The number of methoxy groups -OCH3 is 1. The van der Waals surface area contributed by atoms with Gasteiger partial charge in [-0.2, -0.15) is 9.29 Å². The summed E-state index contributed by atoms with van der Waals surface area (Å²) in [6.07, 6.45) is -0.210. The van der Waals surface area contributed by atoms with Crippen LogP contribution in [0.1, 0.15) is 34.6 Å². The Kier molecular flexibility index (Phi) is 18.1. The molecule has 1 aliphatic rings. The maximum Gasteiger partial charge on any atom is 0.304 e. The van der Waals surface area contributed by atoms with Crippen molar-refractivity contribution in [3.05, 3.63) is 130 Å². The lowest BCUT2D eigenvalue weighted by molar-refractivity contribution is -0.137. The highest BCUT2D eigenvalue weighted by Gasteiger charge is 2.27. The fraction of sp³-hybridized carbons (Fsp3) is 0.351. The summed E-state index contributed by atoms with van der Waals surface area (Å²) in [4.78, 5) is 26.0. The Morgan fingerprint density at radius 3 is 2.28 bits per heavy atom. The molecule has 79 heavy (non-hydrogen) atoms. The van der Waals surface area contributed by atoms with Gasteiger partial charge in [-0.05, 0) is 107 Å². The number of nitrogens with zero attached hydrogens (tertiary/aromatic N) is 8. The van der Waals surface area contributed by atoms with E-state index in [-0.39, 0.29) is 58.9 Å².